The molecule has 12 heavy (non-hydrogen) atoms. The van der Waals surface area contributed by atoms with Crippen LogP contribution in [-0.2, 0) is 4.79 Å². The number of hydrogen-bond donors (Lipinski definition) is 2. The summed E-state index contributed by atoms with van der Waals surface area (Å²) in [6.07, 6.45) is 1.81. The lowest BCUT2D eigenvalue weighted by molar-refractivity contribution is -0.138. The van der Waals surface area contributed by atoms with Crippen molar-refractivity contribution in [2.24, 2.45) is 5.73 Å². The molecule has 3 heteroatoms. The van der Waals surface area contributed by atoms with Crippen molar-refractivity contribution < 1.29 is 9.90 Å². The molecule has 0 aromatic heterocycles. The second kappa shape index (κ2) is 16.6. The first-order valence-electron chi connectivity index (χ1n) is 4.27. The van der Waals surface area contributed by atoms with Crippen LogP contribution in [0.2, 0.25) is 0 Å². The molecule has 0 rings (SSSR count). The Hall–Kier alpha value is -0.830. The van der Waals surface area contributed by atoms with Gasteiger partial charge in [0.1, 0.15) is 6.04 Å². The van der Waals surface area contributed by atoms with Gasteiger partial charge in [-0.1, -0.05) is 33.8 Å². The van der Waals surface area contributed by atoms with E-state index in [0.717, 1.165) is 0 Å². The zero-order chi connectivity index (χ0) is 10.6. The highest BCUT2D eigenvalue weighted by molar-refractivity contribution is 5.73. The molecule has 3 nitrogen and oxygen atoms in total. The van der Waals surface area contributed by atoms with Crippen molar-refractivity contribution in [1.82, 2.24) is 0 Å². The maximum atomic E-state index is 9.92. The molecular formula is C9H21NO2. The monoisotopic (exact) mass is 175 g/mol. The second-order valence-electron chi connectivity index (χ2n) is 1.47. The first-order chi connectivity index (χ1) is 5.68. The zero-order valence-electron chi connectivity index (χ0n) is 8.50. The Labute approximate surface area is 75.3 Å². The van der Waals surface area contributed by atoms with E-state index in [1.165, 1.54) is 6.08 Å². The van der Waals surface area contributed by atoms with Crippen LogP contribution < -0.4 is 5.73 Å². The summed E-state index contributed by atoms with van der Waals surface area (Å²) in [6.45, 7) is 11.3. The molecule has 1 atom stereocenters. The van der Waals surface area contributed by atoms with Crippen LogP contribution in [0.3, 0.4) is 0 Å². The number of carboxylic acid groups (broad SMARTS) is 1. The molecule has 0 aliphatic carbocycles. The maximum absolute atomic E-state index is 9.92. The summed E-state index contributed by atoms with van der Waals surface area (Å²) in [5.74, 6) is -0.982. The summed E-state index contributed by atoms with van der Waals surface area (Å²) in [5, 5.41) is 8.14. The minimum absolute atomic E-state index is 0.329. The van der Waals surface area contributed by atoms with Crippen LogP contribution in [0.25, 0.3) is 0 Å². The van der Waals surface area contributed by atoms with E-state index >= 15 is 0 Å². The second-order valence-corrected chi connectivity index (χ2v) is 1.47. The van der Waals surface area contributed by atoms with Gasteiger partial charge < -0.3 is 10.8 Å². The Morgan fingerprint density at radius 3 is 1.92 bits per heavy atom. The first-order valence-corrected chi connectivity index (χ1v) is 4.27. The predicted octanol–water partition coefficient (Wildman–Crippen LogP) is 2.03. The minimum Gasteiger partial charge on any atom is -0.480 e. The molecule has 0 bridgehead atoms. The average molecular weight is 175 g/mol. The van der Waals surface area contributed by atoms with Crippen LogP contribution >= 0.6 is 0 Å². The number of aliphatic carboxylic acids is 1. The van der Waals surface area contributed by atoms with Gasteiger partial charge in [-0.2, -0.15) is 0 Å². The smallest absolute Gasteiger partial charge is 0.320 e. The van der Waals surface area contributed by atoms with E-state index in [9.17, 15) is 4.79 Å². The van der Waals surface area contributed by atoms with Gasteiger partial charge in [0, 0.05) is 0 Å². The fraction of sp³-hybridized carbons (Fsp3) is 0.667. The van der Waals surface area contributed by atoms with Crippen LogP contribution in [0.1, 0.15) is 34.1 Å². The zero-order valence-corrected chi connectivity index (χ0v) is 8.50. The van der Waals surface area contributed by atoms with E-state index in [2.05, 4.69) is 6.58 Å². The molecule has 0 aromatic rings. The van der Waals surface area contributed by atoms with Gasteiger partial charge in [-0.25, -0.2) is 0 Å². The van der Waals surface area contributed by atoms with Gasteiger partial charge in [0.05, 0.1) is 0 Å². The lowest BCUT2D eigenvalue weighted by atomic mass is 10.2. The summed E-state index contributed by atoms with van der Waals surface area (Å²) in [5.41, 5.74) is 5.06. The number of nitrogens with two attached hydrogens (primary N) is 1. The highest BCUT2D eigenvalue weighted by Crippen LogP contribution is 1.86. The van der Waals surface area contributed by atoms with Crippen molar-refractivity contribution in [3.63, 3.8) is 0 Å². The topological polar surface area (TPSA) is 63.3 Å². The SMILES string of the molecule is C=CCC(N)C(=O)O.CC.CC. The van der Waals surface area contributed by atoms with E-state index in [4.69, 9.17) is 10.8 Å². The molecule has 1 unspecified atom stereocenters. The molecule has 0 saturated heterocycles. The van der Waals surface area contributed by atoms with E-state index in [-0.39, 0.29) is 0 Å². The summed E-state index contributed by atoms with van der Waals surface area (Å²) in [7, 11) is 0. The first kappa shape index (κ1) is 17.3. The van der Waals surface area contributed by atoms with E-state index < -0.39 is 12.0 Å². The summed E-state index contributed by atoms with van der Waals surface area (Å²) in [6, 6.07) is -0.785. The number of carbonyl (C=O) groups is 1. The van der Waals surface area contributed by atoms with Crippen LogP contribution in [0.15, 0.2) is 12.7 Å². The highest BCUT2D eigenvalue weighted by atomic mass is 16.4. The third-order valence-corrected chi connectivity index (χ3v) is 0.738. The van der Waals surface area contributed by atoms with Crippen LogP contribution in [-0.4, -0.2) is 17.1 Å². The number of carboxylic acids is 1. The fourth-order valence-corrected chi connectivity index (χ4v) is 0.280. The number of rotatable bonds is 3. The third kappa shape index (κ3) is 16.1. The minimum atomic E-state index is -0.982. The Morgan fingerprint density at radius 1 is 1.50 bits per heavy atom. The largest absolute Gasteiger partial charge is 0.480 e. The molecule has 0 spiro atoms. The van der Waals surface area contributed by atoms with Crippen molar-refractivity contribution in [3.05, 3.63) is 12.7 Å². The van der Waals surface area contributed by atoms with E-state index in [1.54, 1.807) is 0 Å². The Morgan fingerprint density at radius 2 is 1.83 bits per heavy atom. The lowest BCUT2D eigenvalue weighted by Crippen LogP contribution is -2.28. The predicted molar refractivity (Wildman–Crippen MR) is 53.1 cm³/mol. The standard InChI is InChI=1S/C5H9NO2.2C2H6/c1-2-3-4(6)5(7)8;2*1-2/h2,4H,1,3,6H2,(H,7,8);2*1-2H3. The molecule has 3 N–H and O–H groups in total. The quantitative estimate of drug-likeness (QED) is 0.645. The van der Waals surface area contributed by atoms with Crippen molar-refractivity contribution in [2.45, 2.75) is 40.2 Å². The molecule has 0 heterocycles. The molecule has 0 amide bonds. The van der Waals surface area contributed by atoms with Crippen molar-refractivity contribution in [1.29, 1.82) is 0 Å². The number of hydrogen-bond acceptors (Lipinski definition) is 2. The fourth-order valence-electron chi connectivity index (χ4n) is 0.280. The van der Waals surface area contributed by atoms with Gasteiger partial charge in [0.15, 0.2) is 0 Å². The van der Waals surface area contributed by atoms with Crippen LogP contribution in [0, 0.1) is 0 Å². The van der Waals surface area contributed by atoms with Crippen molar-refractivity contribution >= 4 is 5.97 Å². The van der Waals surface area contributed by atoms with Gasteiger partial charge in [0.25, 0.3) is 0 Å². The molecule has 74 valence electrons. The highest BCUT2D eigenvalue weighted by Gasteiger charge is 2.06. The Kier molecular flexibility index (Phi) is 24.0. The normalized spacial score (nSPS) is 9.42. The molecule has 0 aliphatic heterocycles. The maximum Gasteiger partial charge on any atom is 0.320 e. The van der Waals surface area contributed by atoms with E-state index in [0.29, 0.717) is 6.42 Å². The third-order valence-electron chi connectivity index (χ3n) is 0.738. The van der Waals surface area contributed by atoms with Gasteiger partial charge in [-0.15, -0.1) is 6.58 Å². The van der Waals surface area contributed by atoms with Gasteiger partial charge in [0.2, 0.25) is 0 Å². The van der Waals surface area contributed by atoms with Crippen molar-refractivity contribution in [2.75, 3.05) is 0 Å². The molecule has 0 radical (unpaired) electrons. The lowest BCUT2D eigenvalue weighted by Gasteiger charge is -1.98. The van der Waals surface area contributed by atoms with Gasteiger partial charge >= 0.3 is 5.97 Å². The Balaban J connectivity index is -0.000000175. The summed E-state index contributed by atoms with van der Waals surface area (Å²) in [4.78, 5) is 9.92. The molecule has 0 fully saturated rings. The van der Waals surface area contributed by atoms with E-state index in [1.807, 2.05) is 27.7 Å². The summed E-state index contributed by atoms with van der Waals surface area (Å²) < 4.78 is 0. The van der Waals surface area contributed by atoms with Crippen LogP contribution in [0.5, 0.6) is 0 Å². The molecule has 0 saturated carbocycles. The van der Waals surface area contributed by atoms with Crippen LogP contribution in [0.4, 0.5) is 0 Å². The summed E-state index contributed by atoms with van der Waals surface area (Å²) >= 11 is 0. The Bertz CT molecular complexity index is 103. The van der Waals surface area contributed by atoms with Gasteiger partial charge in [-0.3, -0.25) is 4.79 Å². The van der Waals surface area contributed by atoms with Crippen molar-refractivity contribution in [3.8, 4) is 0 Å². The average Bonchev–Trinajstić information content (AvgIpc) is 2.12. The molecule has 0 aliphatic rings. The molecule has 0 aromatic carbocycles. The molecular weight excluding hydrogens is 154 g/mol. The van der Waals surface area contributed by atoms with Gasteiger partial charge in [-0.05, 0) is 6.42 Å².